The summed E-state index contributed by atoms with van der Waals surface area (Å²) in [4.78, 5) is 135. The zero-order chi connectivity index (χ0) is 48.9. The Morgan fingerprint density at radius 3 is 1.86 bits per heavy atom. The fourth-order valence-electron chi connectivity index (χ4n) is 7.23. The molecule has 1 aromatic heterocycles. The number of para-hydroxylation sites is 1. The second-order valence-electron chi connectivity index (χ2n) is 16.6. The summed E-state index contributed by atoms with van der Waals surface area (Å²) in [6, 6.07) is 3.57. The van der Waals surface area contributed by atoms with Crippen molar-refractivity contribution in [1.82, 2.24) is 36.5 Å². The van der Waals surface area contributed by atoms with Gasteiger partial charge in [-0.2, -0.15) is 0 Å². The number of H-pyrrole nitrogens is 1. The van der Waals surface area contributed by atoms with Gasteiger partial charge in [0.15, 0.2) is 0 Å². The summed E-state index contributed by atoms with van der Waals surface area (Å²) >= 11 is 0. The van der Waals surface area contributed by atoms with Crippen molar-refractivity contribution in [2.24, 2.45) is 17.2 Å². The number of fused-ring (bicyclic) bond motifs is 1. The normalized spacial score (nSPS) is 15.9. The number of amides is 8. The number of likely N-dealkylation sites (tertiary alicyclic amines) is 1. The molecule has 1 saturated heterocycles. The number of carbonyl (C=O) groups is 10. The van der Waals surface area contributed by atoms with Crippen molar-refractivity contribution in [1.29, 1.82) is 0 Å². The molecule has 356 valence electrons. The first-order chi connectivity index (χ1) is 31.0. The average Bonchev–Trinajstić information content (AvgIpc) is 3.91. The lowest BCUT2D eigenvalue weighted by molar-refractivity contribution is -0.141. The Labute approximate surface area is 377 Å². The number of nitrogens with one attached hydrogen (secondary N) is 6. The van der Waals surface area contributed by atoms with Gasteiger partial charge in [0.05, 0.1) is 12.0 Å². The second kappa shape index (κ2) is 22.9. The number of aromatic hydroxyl groups is 1. The van der Waals surface area contributed by atoms with Crippen molar-refractivity contribution >= 4 is 70.1 Å². The summed E-state index contributed by atoms with van der Waals surface area (Å²) in [5.74, 6) is -10.5. The highest BCUT2D eigenvalue weighted by molar-refractivity contribution is 5.99. The first-order valence-corrected chi connectivity index (χ1v) is 21.0. The number of benzene rings is 2. The number of carbonyl (C=O) groups excluding carboxylic acids is 8. The van der Waals surface area contributed by atoms with E-state index >= 15 is 0 Å². The van der Waals surface area contributed by atoms with Crippen LogP contribution in [0.4, 0.5) is 0 Å². The molecule has 0 saturated carbocycles. The average molecular weight is 921 g/mol. The van der Waals surface area contributed by atoms with Crippen molar-refractivity contribution < 1.29 is 63.3 Å². The Kier molecular flexibility index (Phi) is 17.7. The summed E-state index contributed by atoms with van der Waals surface area (Å²) in [6.45, 7) is 2.78. The zero-order valence-corrected chi connectivity index (χ0v) is 36.3. The minimum Gasteiger partial charge on any atom is -0.508 e. The Bertz CT molecular complexity index is 2310. The highest BCUT2D eigenvalue weighted by Gasteiger charge is 2.39. The predicted octanol–water partition coefficient (Wildman–Crippen LogP) is -2.10. The molecule has 1 aliphatic heterocycles. The number of phenolic OH excluding ortho intramolecular Hbond substituents is 1. The van der Waals surface area contributed by atoms with E-state index in [9.17, 15) is 63.3 Å². The van der Waals surface area contributed by atoms with E-state index in [1.807, 2.05) is 0 Å². The number of primary amides is 2. The number of hydrogen-bond acceptors (Lipinski definition) is 12. The smallest absolute Gasteiger partial charge is 0.305 e. The summed E-state index contributed by atoms with van der Waals surface area (Å²) in [6.07, 6.45) is -1.25. The summed E-state index contributed by atoms with van der Waals surface area (Å²) < 4.78 is 0. The molecule has 2 aromatic carbocycles. The van der Waals surface area contributed by atoms with Gasteiger partial charge in [-0.3, -0.25) is 47.9 Å². The number of carboxylic acid groups (broad SMARTS) is 2. The van der Waals surface area contributed by atoms with Crippen molar-refractivity contribution in [3.05, 3.63) is 65.9 Å². The number of aromatic amines is 1. The summed E-state index contributed by atoms with van der Waals surface area (Å²) in [7, 11) is 0. The standard InChI is InChI=1S/C43H56N10O13/c1-43(2,46)42(66)52-30(20-35(58)59)40(64)50-29(19-23-21-47-26-7-4-3-6-25(23)26)39(63)49-27(13-15-33(44)55)37(61)48-28(14-16-34(56)57)38(62)51-31(18-22-9-11-24(54)12-10-22)41(65)53-17-5-8-32(53)36(45)60/h3-4,6-7,9-12,21,27-32,47,54H,5,8,13-20,46H2,1-2H3,(H2,44,55)(H2,45,60)(H,48,61)(H,49,63)(H,50,64)(H,51,62)(H,52,66)(H,56,57)(H,58,59)/t27-,28-,29-,30-,31-,32-/m0/s1. The van der Waals surface area contributed by atoms with Gasteiger partial charge in [0.1, 0.15) is 42.0 Å². The third kappa shape index (κ3) is 14.8. The van der Waals surface area contributed by atoms with Crippen LogP contribution in [0.15, 0.2) is 54.7 Å². The second-order valence-corrected chi connectivity index (χ2v) is 16.6. The third-order valence-corrected chi connectivity index (χ3v) is 10.8. The third-order valence-electron chi connectivity index (χ3n) is 10.8. The molecule has 23 nitrogen and oxygen atoms in total. The van der Waals surface area contributed by atoms with E-state index < -0.39 is 133 Å². The monoisotopic (exact) mass is 920 g/mol. The number of nitrogens with zero attached hydrogens (tertiary/aromatic N) is 1. The van der Waals surface area contributed by atoms with Crippen LogP contribution in [0.2, 0.25) is 0 Å². The molecule has 66 heavy (non-hydrogen) atoms. The molecule has 0 spiro atoms. The highest BCUT2D eigenvalue weighted by Crippen LogP contribution is 2.22. The predicted molar refractivity (Wildman–Crippen MR) is 233 cm³/mol. The van der Waals surface area contributed by atoms with Crippen LogP contribution in [-0.4, -0.2) is 133 Å². The molecule has 0 aliphatic carbocycles. The van der Waals surface area contributed by atoms with Crippen molar-refractivity contribution in [3.63, 3.8) is 0 Å². The summed E-state index contributed by atoms with van der Waals surface area (Å²) in [5.41, 5.74) is 16.9. The molecule has 15 N–H and O–H groups in total. The number of aromatic nitrogens is 1. The number of hydrogen-bond donors (Lipinski definition) is 12. The van der Waals surface area contributed by atoms with Crippen LogP contribution in [0.25, 0.3) is 10.9 Å². The molecule has 6 atom stereocenters. The van der Waals surface area contributed by atoms with Gasteiger partial charge >= 0.3 is 11.9 Å². The first kappa shape index (κ1) is 51.1. The van der Waals surface area contributed by atoms with Gasteiger partial charge < -0.3 is 69.0 Å². The van der Waals surface area contributed by atoms with E-state index in [4.69, 9.17) is 17.2 Å². The fraction of sp³-hybridized carbons (Fsp3) is 0.442. The number of carboxylic acids is 2. The quantitative estimate of drug-likeness (QED) is 0.0458. The largest absolute Gasteiger partial charge is 0.508 e. The molecule has 2 heterocycles. The lowest BCUT2D eigenvalue weighted by Crippen LogP contribution is -2.61. The van der Waals surface area contributed by atoms with Crippen LogP contribution in [0.1, 0.15) is 69.9 Å². The van der Waals surface area contributed by atoms with E-state index in [1.165, 1.54) is 43.0 Å². The molecular formula is C43H56N10O13. The van der Waals surface area contributed by atoms with Crippen LogP contribution >= 0.6 is 0 Å². The lowest BCUT2D eigenvalue weighted by Gasteiger charge is -2.30. The first-order valence-electron chi connectivity index (χ1n) is 21.0. The number of nitrogens with two attached hydrogens (primary N) is 3. The number of aliphatic carboxylic acids is 2. The Balaban J connectivity index is 1.65. The minimum atomic E-state index is -1.73. The van der Waals surface area contributed by atoms with E-state index in [2.05, 4.69) is 31.6 Å². The zero-order valence-electron chi connectivity index (χ0n) is 36.3. The van der Waals surface area contributed by atoms with Gasteiger partial charge in [-0.1, -0.05) is 30.3 Å². The van der Waals surface area contributed by atoms with Gasteiger partial charge in [0, 0.05) is 49.3 Å². The van der Waals surface area contributed by atoms with Crippen LogP contribution in [0, 0.1) is 0 Å². The molecule has 1 aliphatic rings. The van der Waals surface area contributed by atoms with Gasteiger partial charge in [-0.15, -0.1) is 0 Å². The lowest BCUT2D eigenvalue weighted by atomic mass is 10.0. The topological polar surface area (TPSA) is 389 Å². The molecule has 0 bridgehead atoms. The maximum atomic E-state index is 14.3. The maximum absolute atomic E-state index is 14.3. The molecule has 8 amide bonds. The molecular weight excluding hydrogens is 865 g/mol. The molecule has 0 unspecified atom stereocenters. The van der Waals surface area contributed by atoms with E-state index in [-0.39, 0.29) is 31.6 Å². The van der Waals surface area contributed by atoms with Crippen LogP contribution < -0.4 is 43.8 Å². The van der Waals surface area contributed by atoms with Gasteiger partial charge in [-0.05, 0) is 68.9 Å². The molecule has 4 rings (SSSR count). The highest BCUT2D eigenvalue weighted by atomic mass is 16.4. The molecule has 3 aromatic rings. The van der Waals surface area contributed by atoms with Gasteiger partial charge in [0.2, 0.25) is 47.3 Å². The number of rotatable bonds is 24. The van der Waals surface area contributed by atoms with E-state index in [0.717, 1.165) is 0 Å². The minimum absolute atomic E-state index is 0.0809. The van der Waals surface area contributed by atoms with Gasteiger partial charge in [0.25, 0.3) is 0 Å². The van der Waals surface area contributed by atoms with Crippen molar-refractivity contribution in [2.75, 3.05) is 6.54 Å². The summed E-state index contributed by atoms with van der Waals surface area (Å²) in [5, 5.41) is 41.8. The van der Waals surface area contributed by atoms with Gasteiger partial charge in [-0.25, -0.2) is 0 Å². The van der Waals surface area contributed by atoms with Crippen LogP contribution in [0.5, 0.6) is 5.75 Å². The van der Waals surface area contributed by atoms with Crippen LogP contribution in [-0.2, 0) is 60.8 Å². The number of phenols is 1. The Hall–Kier alpha value is -7.56. The van der Waals surface area contributed by atoms with Crippen molar-refractivity contribution in [2.45, 2.75) is 113 Å². The molecule has 23 heteroatoms. The van der Waals surface area contributed by atoms with Crippen LogP contribution in [0.3, 0.4) is 0 Å². The van der Waals surface area contributed by atoms with E-state index in [0.29, 0.717) is 28.5 Å². The molecule has 0 radical (unpaired) electrons. The molecule has 1 fully saturated rings. The fourth-order valence-corrected chi connectivity index (χ4v) is 7.23. The maximum Gasteiger partial charge on any atom is 0.305 e. The van der Waals surface area contributed by atoms with Crippen molar-refractivity contribution in [3.8, 4) is 5.75 Å². The van der Waals surface area contributed by atoms with E-state index in [1.54, 1.807) is 30.5 Å². The Morgan fingerprint density at radius 1 is 0.727 bits per heavy atom. The Morgan fingerprint density at radius 2 is 1.29 bits per heavy atom. The SMILES string of the molecule is CC(C)(N)C(=O)N[C@@H](CC(=O)O)C(=O)N[C@@H](Cc1c[nH]c2ccccc12)C(=O)N[C@@H](CCC(N)=O)C(=O)N[C@@H](CCC(=O)O)C(=O)N[C@@H](Cc1ccc(O)cc1)C(=O)N1CCC[C@H]1C(N)=O.